The maximum Gasteiger partial charge on any atom is 0.324 e. The predicted molar refractivity (Wildman–Crippen MR) is 102 cm³/mol. The SMILES string of the molecule is CCCCCO[C@H]1[C@H](C)OC(=O)[C@@H](NCl)CCC[C@@H]1Oc1ccccc1. The van der Waals surface area contributed by atoms with Gasteiger partial charge in [0.1, 0.15) is 30.1 Å². The highest BCUT2D eigenvalue weighted by Gasteiger charge is 2.35. The Bertz CT molecular complexity index is 528. The fraction of sp³-hybridized carbons (Fsp3) is 0.650. The highest BCUT2D eigenvalue weighted by molar-refractivity contribution is 6.14. The molecule has 146 valence electrons. The van der Waals surface area contributed by atoms with Crippen LogP contribution in [0.2, 0.25) is 0 Å². The molecule has 0 spiro atoms. The average molecular weight is 384 g/mol. The molecule has 0 aliphatic carbocycles. The number of carbonyl (C=O) groups is 1. The lowest BCUT2D eigenvalue weighted by Gasteiger charge is -2.31. The van der Waals surface area contributed by atoms with Gasteiger partial charge in [0, 0.05) is 6.61 Å². The summed E-state index contributed by atoms with van der Waals surface area (Å²) in [4.78, 5) is 14.8. The van der Waals surface area contributed by atoms with Gasteiger partial charge in [-0.3, -0.25) is 4.79 Å². The van der Waals surface area contributed by atoms with E-state index in [2.05, 4.69) is 11.8 Å². The number of para-hydroxylation sites is 1. The Morgan fingerprint density at radius 2 is 2.00 bits per heavy atom. The van der Waals surface area contributed by atoms with Crippen molar-refractivity contribution in [2.24, 2.45) is 0 Å². The third-order valence-corrected chi connectivity index (χ3v) is 4.88. The van der Waals surface area contributed by atoms with Gasteiger partial charge in [-0.05, 0) is 56.5 Å². The van der Waals surface area contributed by atoms with Crippen LogP contribution < -0.4 is 9.57 Å². The summed E-state index contributed by atoms with van der Waals surface area (Å²) in [6, 6.07) is 9.20. The maximum atomic E-state index is 12.3. The van der Waals surface area contributed by atoms with Gasteiger partial charge in [-0.2, -0.15) is 0 Å². The molecule has 2 rings (SSSR count). The van der Waals surface area contributed by atoms with Crippen LogP contribution in [0.3, 0.4) is 0 Å². The molecule has 1 saturated heterocycles. The summed E-state index contributed by atoms with van der Waals surface area (Å²) in [5.41, 5.74) is 0. The summed E-state index contributed by atoms with van der Waals surface area (Å²) in [6.45, 7) is 4.65. The van der Waals surface area contributed by atoms with Gasteiger partial charge in [-0.15, -0.1) is 0 Å². The van der Waals surface area contributed by atoms with E-state index in [-0.39, 0.29) is 18.2 Å². The first kappa shape index (κ1) is 21.0. The highest BCUT2D eigenvalue weighted by atomic mass is 35.5. The fourth-order valence-electron chi connectivity index (χ4n) is 3.15. The third kappa shape index (κ3) is 6.45. The Hall–Kier alpha value is -1.30. The second-order valence-electron chi connectivity index (χ2n) is 6.75. The Balaban J connectivity index is 2.12. The summed E-state index contributed by atoms with van der Waals surface area (Å²) >= 11 is 5.71. The second-order valence-corrected chi connectivity index (χ2v) is 6.96. The van der Waals surface area contributed by atoms with Crippen LogP contribution in [0.4, 0.5) is 0 Å². The molecule has 26 heavy (non-hydrogen) atoms. The molecule has 1 heterocycles. The lowest BCUT2D eigenvalue weighted by Crippen LogP contribution is -2.44. The van der Waals surface area contributed by atoms with Crippen molar-refractivity contribution in [2.45, 2.75) is 76.7 Å². The Kier molecular flexibility index (Phi) is 9.23. The van der Waals surface area contributed by atoms with Crippen LogP contribution in [-0.2, 0) is 14.3 Å². The molecule has 0 radical (unpaired) electrons. The maximum absolute atomic E-state index is 12.3. The van der Waals surface area contributed by atoms with Gasteiger partial charge < -0.3 is 14.2 Å². The zero-order valence-corrected chi connectivity index (χ0v) is 16.4. The number of ether oxygens (including phenoxy) is 3. The largest absolute Gasteiger partial charge is 0.488 e. The summed E-state index contributed by atoms with van der Waals surface area (Å²) in [5, 5.41) is 0. The lowest BCUT2D eigenvalue weighted by molar-refractivity contribution is -0.162. The molecule has 1 aromatic carbocycles. The van der Waals surface area contributed by atoms with Gasteiger partial charge in [0.25, 0.3) is 0 Å². The van der Waals surface area contributed by atoms with Crippen molar-refractivity contribution in [1.82, 2.24) is 4.84 Å². The minimum atomic E-state index is -0.504. The monoisotopic (exact) mass is 383 g/mol. The molecular weight excluding hydrogens is 354 g/mol. The van der Waals surface area contributed by atoms with Crippen molar-refractivity contribution in [3.05, 3.63) is 30.3 Å². The van der Waals surface area contributed by atoms with Crippen molar-refractivity contribution in [1.29, 1.82) is 0 Å². The lowest BCUT2D eigenvalue weighted by atomic mass is 10.0. The van der Waals surface area contributed by atoms with E-state index in [0.29, 0.717) is 13.0 Å². The summed E-state index contributed by atoms with van der Waals surface area (Å²) in [5.74, 6) is 0.458. The molecule has 6 heteroatoms. The fourth-order valence-corrected chi connectivity index (χ4v) is 3.35. The topological polar surface area (TPSA) is 56.8 Å². The number of nitrogens with one attached hydrogen (secondary N) is 1. The minimum absolute atomic E-state index is 0.184. The third-order valence-electron chi connectivity index (χ3n) is 4.62. The molecule has 1 fully saturated rings. The van der Waals surface area contributed by atoms with E-state index in [9.17, 15) is 4.79 Å². The Labute approximate surface area is 161 Å². The normalized spacial score (nSPS) is 27.1. The van der Waals surface area contributed by atoms with E-state index in [1.165, 1.54) is 0 Å². The van der Waals surface area contributed by atoms with Crippen LogP contribution in [0.1, 0.15) is 52.4 Å². The van der Waals surface area contributed by atoms with Crippen molar-refractivity contribution < 1.29 is 19.0 Å². The summed E-state index contributed by atoms with van der Waals surface area (Å²) in [7, 11) is 0. The molecule has 4 atom stereocenters. The van der Waals surface area contributed by atoms with Crippen molar-refractivity contribution >= 4 is 17.7 Å². The van der Waals surface area contributed by atoms with E-state index in [4.69, 9.17) is 26.0 Å². The van der Waals surface area contributed by atoms with E-state index < -0.39 is 12.1 Å². The number of cyclic esters (lactones) is 1. The number of unbranched alkanes of at least 4 members (excludes halogenated alkanes) is 2. The number of benzene rings is 1. The van der Waals surface area contributed by atoms with E-state index in [1.807, 2.05) is 37.3 Å². The van der Waals surface area contributed by atoms with Crippen molar-refractivity contribution in [3.63, 3.8) is 0 Å². The van der Waals surface area contributed by atoms with Crippen LogP contribution in [-0.4, -0.2) is 36.9 Å². The minimum Gasteiger partial charge on any atom is -0.488 e. The zero-order valence-electron chi connectivity index (χ0n) is 15.7. The first-order valence-electron chi connectivity index (χ1n) is 9.55. The second kappa shape index (κ2) is 11.4. The molecule has 0 aromatic heterocycles. The van der Waals surface area contributed by atoms with E-state index in [1.54, 1.807) is 0 Å². The van der Waals surface area contributed by atoms with E-state index in [0.717, 1.165) is 37.9 Å². The molecule has 0 unspecified atom stereocenters. The smallest absolute Gasteiger partial charge is 0.324 e. The number of esters is 1. The molecule has 0 saturated carbocycles. The summed E-state index contributed by atoms with van der Waals surface area (Å²) < 4.78 is 18.0. The number of hydrogen-bond donors (Lipinski definition) is 1. The molecule has 1 N–H and O–H groups in total. The van der Waals surface area contributed by atoms with Crippen molar-refractivity contribution in [2.75, 3.05) is 6.61 Å². The molecule has 0 bridgehead atoms. The Morgan fingerprint density at radius 1 is 1.23 bits per heavy atom. The first-order valence-corrected chi connectivity index (χ1v) is 9.93. The molecular formula is C20H30ClNO4. The zero-order chi connectivity index (χ0) is 18.8. The number of halogens is 1. The number of hydrogen-bond acceptors (Lipinski definition) is 5. The van der Waals surface area contributed by atoms with Crippen LogP contribution >= 0.6 is 11.8 Å². The van der Waals surface area contributed by atoms with Gasteiger partial charge >= 0.3 is 5.97 Å². The van der Waals surface area contributed by atoms with Crippen LogP contribution in [0.15, 0.2) is 30.3 Å². The highest BCUT2D eigenvalue weighted by Crippen LogP contribution is 2.24. The number of carbonyl (C=O) groups excluding carboxylic acids is 1. The standard InChI is InChI=1S/C20H30ClNO4/c1-3-4-8-14-24-19-15(2)25-20(23)17(22-21)12-9-13-18(19)26-16-10-6-5-7-11-16/h5-7,10-11,15,17-19,22H,3-4,8-9,12-14H2,1-2H3/t15-,17-,18-,19-/m0/s1. The molecule has 1 aromatic rings. The molecule has 5 nitrogen and oxygen atoms in total. The molecule has 0 amide bonds. The van der Waals surface area contributed by atoms with Gasteiger partial charge in [-0.25, -0.2) is 4.84 Å². The van der Waals surface area contributed by atoms with Gasteiger partial charge in [0.15, 0.2) is 0 Å². The average Bonchev–Trinajstić information content (AvgIpc) is 2.69. The number of rotatable bonds is 8. The van der Waals surface area contributed by atoms with Gasteiger partial charge in [-0.1, -0.05) is 38.0 Å². The van der Waals surface area contributed by atoms with Crippen LogP contribution in [0.25, 0.3) is 0 Å². The molecule has 1 aliphatic rings. The quantitative estimate of drug-likeness (QED) is 0.413. The van der Waals surface area contributed by atoms with Crippen molar-refractivity contribution in [3.8, 4) is 5.75 Å². The van der Waals surface area contributed by atoms with Gasteiger partial charge in [0.05, 0.1) is 0 Å². The predicted octanol–water partition coefficient (Wildman–Crippen LogP) is 4.24. The van der Waals surface area contributed by atoms with Crippen LogP contribution in [0, 0.1) is 0 Å². The Morgan fingerprint density at radius 3 is 2.69 bits per heavy atom. The van der Waals surface area contributed by atoms with E-state index >= 15 is 0 Å². The van der Waals surface area contributed by atoms with Crippen LogP contribution in [0.5, 0.6) is 5.75 Å². The molecule has 1 aliphatic heterocycles. The van der Waals surface area contributed by atoms with Gasteiger partial charge in [0.2, 0.25) is 0 Å². The first-order chi connectivity index (χ1) is 12.7. The summed E-state index contributed by atoms with van der Waals surface area (Å²) in [6.07, 6.45) is 4.48.